The van der Waals surface area contributed by atoms with Crippen LogP contribution >= 0.6 is 12.4 Å². The largest absolute Gasteiger partial charge is 0.419 e. The summed E-state index contributed by atoms with van der Waals surface area (Å²) in [5.74, 6) is -2.48. The lowest BCUT2D eigenvalue weighted by atomic mass is 9.97. The summed E-state index contributed by atoms with van der Waals surface area (Å²) in [4.78, 5) is 48.1. The summed E-state index contributed by atoms with van der Waals surface area (Å²) in [7, 11) is 0. The molecule has 3 amide bonds. The van der Waals surface area contributed by atoms with Crippen LogP contribution in [0.3, 0.4) is 0 Å². The van der Waals surface area contributed by atoms with E-state index in [0.29, 0.717) is 54.5 Å². The van der Waals surface area contributed by atoms with E-state index in [1.807, 2.05) is 6.07 Å². The van der Waals surface area contributed by atoms with Crippen LogP contribution in [0.2, 0.25) is 0 Å². The van der Waals surface area contributed by atoms with Crippen LogP contribution in [0.15, 0.2) is 54.7 Å². The van der Waals surface area contributed by atoms with Gasteiger partial charge < -0.3 is 14.5 Å². The van der Waals surface area contributed by atoms with E-state index in [1.165, 1.54) is 26.0 Å². The van der Waals surface area contributed by atoms with Crippen molar-refractivity contribution in [1.82, 2.24) is 9.88 Å². The Morgan fingerprint density at radius 1 is 0.956 bits per heavy atom. The molecular weight excluding hydrogens is 623 g/mol. The zero-order chi connectivity index (χ0) is 31.8. The first-order valence-corrected chi connectivity index (χ1v) is 13.8. The molecule has 0 unspecified atom stereocenters. The van der Waals surface area contributed by atoms with Crippen LogP contribution in [-0.2, 0) is 39.9 Å². The molecule has 2 fully saturated rings. The van der Waals surface area contributed by atoms with E-state index in [4.69, 9.17) is 4.74 Å². The van der Waals surface area contributed by atoms with Crippen molar-refractivity contribution in [2.45, 2.75) is 44.9 Å². The number of hydrogen-bond donors (Lipinski definition) is 0. The van der Waals surface area contributed by atoms with Gasteiger partial charge in [-0.1, -0.05) is 6.07 Å². The number of halogens is 6. The van der Waals surface area contributed by atoms with Crippen molar-refractivity contribution in [2.75, 3.05) is 36.1 Å². The third kappa shape index (κ3) is 7.09. The van der Waals surface area contributed by atoms with Gasteiger partial charge in [-0.3, -0.25) is 9.59 Å². The molecule has 0 saturated carbocycles. The predicted octanol–water partition coefficient (Wildman–Crippen LogP) is 5.74. The number of aromatic nitrogens is 1. The molecule has 0 bridgehead atoms. The van der Waals surface area contributed by atoms with Gasteiger partial charge in [-0.05, 0) is 73.0 Å². The Labute approximate surface area is 262 Å². The number of anilines is 2. The molecule has 8 nitrogen and oxygen atoms in total. The number of Topliss-reactive ketones (excluding diaryl/α,β-unsaturated/α-hetero) is 1. The van der Waals surface area contributed by atoms with Crippen molar-refractivity contribution in [3.63, 3.8) is 0 Å². The first kappa shape index (κ1) is 33.8. The Bertz CT molecular complexity index is 1610. The highest BCUT2D eigenvalue weighted by Crippen LogP contribution is 2.38. The highest BCUT2D eigenvalue weighted by molar-refractivity contribution is 6.23. The average Bonchev–Trinajstić information content (AvgIpc) is 3.13. The van der Waals surface area contributed by atoms with E-state index >= 15 is 0 Å². The molecule has 45 heavy (non-hydrogen) atoms. The first-order chi connectivity index (χ1) is 20.8. The van der Waals surface area contributed by atoms with E-state index in [0.717, 1.165) is 28.4 Å². The SMILES string of the molecule is CC1(C)C(=O)N(c2ccc(F)c(C(F)(F)F)c2)C(=O)N1Cc1ccc(F)cc1CC(=O)Cc1ccnc(N2CCOCC2)c1.Cl. The number of ether oxygens (including phenoxy) is 1. The lowest BCUT2D eigenvalue weighted by Gasteiger charge is -2.28. The Kier molecular flexibility index (Phi) is 9.83. The maximum Gasteiger partial charge on any atom is 0.419 e. The number of amides is 3. The van der Waals surface area contributed by atoms with Crippen molar-refractivity contribution < 1.29 is 41.1 Å². The van der Waals surface area contributed by atoms with E-state index in [1.54, 1.807) is 12.3 Å². The fourth-order valence-corrected chi connectivity index (χ4v) is 5.32. The van der Waals surface area contributed by atoms with Crippen LogP contribution < -0.4 is 9.80 Å². The smallest absolute Gasteiger partial charge is 0.378 e. The fraction of sp³-hybridized carbons (Fsp3) is 0.355. The van der Waals surface area contributed by atoms with Crippen LogP contribution in [0.25, 0.3) is 0 Å². The second-order valence-corrected chi connectivity index (χ2v) is 11.2. The Hall–Kier alpha value is -4.10. The highest BCUT2D eigenvalue weighted by Gasteiger charge is 2.52. The minimum absolute atomic E-state index is 0. The summed E-state index contributed by atoms with van der Waals surface area (Å²) >= 11 is 0. The molecule has 3 heterocycles. The minimum atomic E-state index is -5.04. The molecule has 0 radical (unpaired) electrons. The number of imide groups is 1. The van der Waals surface area contributed by atoms with Gasteiger partial charge in [-0.2, -0.15) is 13.2 Å². The lowest BCUT2D eigenvalue weighted by molar-refractivity contribution is -0.140. The number of pyridine rings is 1. The van der Waals surface area contributed by atoms with Crippen molar-refractivity contribution >= 4 is 41.6 Å². The second-order valence-electron chi connectivity index (χ2n) is 11.2. The molecule has 14 heteroatoms. The normalized spacial score (nSPS) is 16.6. The van der Waals surface area contributed by atoms with Crippen molar-refractivity contribution in [3.05, 3.63) is 88.6 Å². The number of ketones is 1. The molecule has 0 atom stereocenters. The van der Waals surface area contributed by atoms with Crippen molar-refractivity contribution in [2.24, 2.45) is 0 Å². The van der Waals surface area contributed by atoms with Gasteiger partial charge in [-0.15, -0.1) is 12.4 Å². The Balaban J connectivity index is 0.00000461. The molecule has 2 aliphatic heterocycles. The van der Waals surface area contributed by atoms with Crippen LogP contribution in [0.4, 0.5) is 38.3 Å². The van der Waals surface area contributed by atoms with Gasteiger partial charge in [0.2, 0.25) is 0 Å². The van der Waals surface area contributed by atoms with Gasteiger partial charge >= 0.3 is 12.2 Å². The fourth-order valence-electron chi connectivity index (χ4n) is 5.32. The summed E-state index contributed by atoms with van der Waals surface area (Å²) in [6.45, 7) is 5.11. The zero-order valence-corrected chi connectivity index (χ0v) is 25.2. The average molecular weight is 653 g/mol. The van der Waals surface area contributed by atoms with E-state index in [2.05, 4.69) is 9.88 Å². The molecule has 2 aromatic carbocycles. The number of hydrogen-bond acceptors (Lipinski definition) is 6. The van der Waals surface area contributed by atoms with Crippen LogP contribution in [0.5, 0.6) is 0 Å². The summed E-state index contributed by atoms with van der Waals surface area (Å²) < 4.78 is 73.6. The maximum absolute atomic E-state index is 14.3. The molecule has 2 saturated heterocycles. The summed E-state index contributed by atoms with van der Waals surface area (Å²) in [6.07, 6.45) is -3.56. The van der Waals surface area contributed by atoms with Crippen LogP contribution in [0.1, 0.15) is 36.1 Å². The number of rotatable bonds is 8. The number of urea groups is 1. The number of nitrogens with zero attached hydrogens (tertiary/aromatic N) is 4. The number of carbonyl (C=O) groups excluding carboxylic acids is 3. The summed E-state index contributed by atoms with van der Waals surface area (Å²) in [5, 5.41) is 0. The third-order valence-electron chi connectivity index (χ3n) is 7.77. The number of alkyl halides is 3. The summed E-state index contributed by atoms with van der Waals surface area (Å²) in [5.41, 5.74) is -2.17. The van der Waals surface area contributed by atoms with Gasteiger partial charge in [0.25, 0.3) is 5.91 Å². The predicted molar refractivity (Wildman–Crippen MR) is 157 cm³/mol. The molecule has 0 N–H and O–H groups in total. The third-order valence-corrected chi connectivity index (χ3v) is 7.77. The molecule has 3 aromatic rings. The number of morpholine rings is 1. The number of benzene rings is 2. The second kappa shape index (κ2) is 13.1. The van der Waals surface area contributed by atoms with Gasteiger partial charge in [0.1, 0.15) is 28.8 Å². The Morgan fingerprint density at radius 2 is 1.67 bits per heavy atom. The Morgan fingerprint density at radius 3 is 2.36 bits per heavy atom. The zero-order valence-electron chi connectivity index (χ0n) is 24.4. The van der Waals surface area contributed by atoms with Gasteiger partial charge in [0, 0.05) is 38.7 Å². The van der Waals surface area contributed by atoms with Gasteiger partial charge in [0.15, 0.2) is 0 Å². The van der Waals surface area contributed by atoms with E-state index in [-0.39, 0.29) is 37.6 Å². The quantitative estimate of drug-likeness (QED) is 0.228. The molecule has 0 aliphatic carbocycles. The van der Waals surface area contributed by atoms with Crippen molar-refractivity contribution in [3.8, 4) is 0 Å². The molecule has 2 aliphatic rings. The molecule has 5 rings (SSSR count). The van der Waals surface area contributed by atoms with E-state index < -0.39 is 46.5 Å². The molecule has 1 aromatic heterocycles. The van der Waals surface area contributed by atoms with Gasteiger partial charge in [-0.25, -0.2) is 23.5 Å². The molecule has 0 spiro atoms. The number of carbonyl (C=O) groups is 3. The highest BCUT2D eigenvalue weighted by atomic mass is 35.5. The molecule has 240 valence electrons. The van der Waals surface area contributed by atoms with E-state index in [9.17, 15) is 36.3 Å². The van der Waals surface area contributed by atoms with Crippen LogP contribution in [0, 0.1) is 11.6 Å². The topological polar surface area (TPSA) is 83.1 Å². The minimum Gasteiger partial charge on any atom is -0.378 e. The summed E-state index contributed by atoms with van der Waals surface area (Å²) in [6, 6.07) is 8.23. The van der Waals surface area contributed by atoms with Crippen LogP contribution in [-0.4, -0.2) is 59.4 Å². The first-order valence-electron chi connectivity index (χ1n) is 13.8. The molecular formula is C31H30ClF5N4O4. The van der Waals surface area contributed by atoms with Crippen molar-refractivity contribution in [1.29, 1.82) is 0 Å². The monoisotopic (exact) mass is 652 g/mol. The lowest BCUT2D eigenvalue weighted by Crippen LogP contribution is -2.43. The van der Waals surface area contributed by atoms with Gasteiger partial charge in [0.05, 0.1) is 24.5 Å². The standard InChI is InChI=1S/C31H29F5N4O4.ClH/c1-30(2)28(42)40(23-5-6-26(33)25(17-23)31(34,35)36)29(43)39(30)18-20-3-4-22(32)15-21(20)16-24(41)13-19-7-8-37-27(14-19)38-9-11-44-12-10-38;/h3-8,14-15,17H,9-13,16,18H2,1-2H3;1H. The maximum atomic E-state index is 14.3.